The monoisotopic (exact) mass is 286 g/mol. The molecule has 0 aliphatic rings. The van der Waals surface area contributed by atoms with E-state index in [-0.39, 0.29) is 0 Å². The van der Waals surface area contributed by atoms with Crippen molar-refractivity contribution in [2.45, 2.75) is 0 Å². The van der Waals surface area contributed by atoms with Crippen LogP contribution in [0.25, 0.3) is 0 Å². The number of nitrogens with zero attached hydrogens (tertiary/aromatic N) is 2. The molecule has 2 aromatic rings. The molecule has 0 atom stereocenters. The number of methoxy groups -OCH3 is 1. The second kappa shape index (κ2) is 7.20. The first-order valence-corrected chi connectivity index (χ1v) is 6.34. The topological polar surface area (TPSA) is 58.5 Å². The van der Waals surface area contributed by atoms with E-state index < -0.39 is 0 Å². The molecule has 0 amide bonds. The molecular weight excluding hydrogens is 272 g/mol. The lowest BCUT2D eigenvalue weighted by Gasteiger charge is -2.08. The lowest BCUT2D eigenvalue weighted by molar-refractivity contribution is 0.415. The van der Waals surface area contributed by atoms with Crippen molar-refractivity contribution in [2.24, 2.45) is 5.10 Å². The Morgan fingerprint density at radius 1 is 1.30 bits per heavy atom. The maximum absolute atomic E-state index is 5.13. The molecule has 5 nitrogen and oxygen atoms in total. The smallest absolute Gasteiger partial charge is 0.191 e. The number of hydrogen-bond donors (Lipinski definition) is 2. The highest BCUT2D eigenvalue weighted by atomic mass is 32.1. The average molecular weight is 286 g/mol. The zero-order valence-corrected chi connectivity index (χ0v) is 11.7. The van der Waals surface area contributed by atoms with Crippen molar-refractivity contribution in [1.29, 1.82) is 0 Å². The minimum absolute atomic E-state index is 0.394. The van der Waals surface area contributed by atoms with Crippen LogP contribution in [0.2, 0.25) is 0 Å². The molecule has 2 rings (SSSR count). The SMILES string of the molecule is COc1cccc(NC(=S)NN=Cc2ccccn2)c1. The summed E-state index contributed by atoms with van der Waals surface area (Å²) in [5.41, 5.74) is 4.31. The van der Waals surface area contributed by atoms with E-state index in [9.17, 15) is 0 Å². The van der Waals surface area contributed by atoms with Crippen molar-refractivity contribution in [3.8, 4) is 5.75 Å². The van der Waals surface area contributed by atoms with Gasteiger partial charge in [0, 0.05) is 18.0 Å². The summed E-state index contributed by atoms with van der Waals surface area (Å²) in [6.45, 7) is 0. The Balaban J connectivity index is 1.88. The number of rotatable bonds is 4. The van der Waals surface area contributed by atoms with Crippen LogP contribution in [0.3, 0.4) is 0 Å². The van der Waals surface area contributed by atoms with E-state index in [1.165, 1.54) is 0 Å². The quantitative estimate of drug-likeness (QED) is 0.513. The van der Waals surface area contributed by atoms with E-state index in [0.717, 1.165) is 17.1 Å². The van der Waals surface area contributed by atoms with Gasteiger partial charge in [-0.15, -0.1) is 0 Å². The summed E-state index contributed by atoms with van der Waals surface area (Å²) in [5.74, 6) is 0.759. The first-order valence-electron chi connectivity index (χ1n) is 5.93. The average Bonchev–Trinajstić information content (AvgIpc) is 2.48. The highest BCUT2D eigenvalue weighted by Crippen LogP contribution is 2.16. The number of hydrogen-bond acceptors (Lipinski definition) is 4. The number of thiocarbonyl (C=S) groups is 1. The molecular formula is C14H14N4OS. The highest BCUT2D eigenvalue weighted by Gasteiger charge is 1.97. The van der Waals surface area contributed by atoms with Gasteiger partial charge in [-0.2, -0.15) is 5.10 Å². The highest BCUT2D eigenvalue weighted by molar-refractivity contribution is 7.80. The molecule has 0 unspecified atom stereocenters. The summed E-state index contributed by atoms with van der Waals surface area (Å²) in [5, 5.41) is 7.41. The molecule has 0 saturated carbocycles. The van der Waals surface area contributed by atoms with Crippen LogP contribution in [-0.4, -0.2) is 23.4 Å². The van der Waals surface area contributed by atoms with Crippen LogP contribution in [-0.2, 0) is 0 Å². The third-order valence-electron chi connectivity index (χ3n) is 2.38. The zero-order valence-electron chi connectivity index (χ0n) is 10.9. The normalized spacial score (nSPS) is 10.2. The van der Waals surface area contributed by atoms with Gasteiger partial charge in [0.05, 0.1) is 19.0 Å². The van der Waals surface area contributed by atoms with Gasteiger partial charge in [0.15, 0.2) is 5.11 Å². The number of ether oxygens (including phenoxy) is 1. The molecule has 1 heterocycles. The Kier molecular flexibility index (Phi) is 5.02. The zero-order chi connectivity index (χ0) is 14.2. The molecule has 0 fully saturated rings. The lowest BCUT2D eigenvalue weighted by Crippen LogP contribution is -2.23. The van der Waals surface area contributed by atoms with Gasteiger partial charge in [-0.1, -0.05) is 12.1 Å². The third-order valence-corrected chi connectivity index (χ3v) is 2.57. The molecule has 0 saturated heterocycles. The van der Waals surface area contributed by atoms with Gasteiger partial charge in [-0.25, -0.2) is 0 Å². The largest absolute Gasteiger partial charge is 0.497 e. The fraction of sp³-hybridized carbons (Fsp3) is 0.0714. The number of nitrogens with one attached hydrogen (secondary N) is 2. The van der Waals surface area contributed by atoms with Crippen LogP contribution in [0, 0.1) is 0 Å². The number of hydrazone groups is 1. The van der Waals surface area contributed by atoms with E-state index in [2.05, 4.69) is 20.8 Å². The van der Waals surface area contributed by atoms with Crippen molar-refractivity contribution in [2.75, 3.05) is 12.4 Å². The molecule has 1 aromatic heterocycles. The number of anilines is 1. The van der Waals surface area contributed by atoms with Crippen molar-refractivity contribution < 1.29 is 4.74 Å². The maximum Gasteiger partial charge on any atom is 0.191 e. The first kappa shape index (κ1) is 14.0. The molecule has 0 aliphatic heterocycles. The van der Waals surface area contributed by atoms with Crippen LogP contribution in [0.4, 0.5) is 5.69 Å². The van der Waals surface area contributed by atoms with Crippen molar-refractivity contribution in [1.82, 2.24) is 10.4 Å². The van der Waals surface area contributed by atoms with Gasteiger partial charge in [-0.3, -0.25) is 10.4 Å². The Morgan fingerprint density at radius 3 is 2.95 bits per heavy atom. The Hall–Kier alpha value is -2.47. The van der Waals surface area contributed by atoms with Crippen molar-refractivity contribution >= 4 is 29.2 Å². The van der Waals surface area contributed by atoms with E-state index in [4.69, 9.17) is 17.0 Å². The van der Waals surface area contributed by atoms with Crippen LogP contribution < -0.4 is 15.5 Å². The molecule has 2 N–H and O–H groups in total. The summed E-state index contributed by atoms with van der Waals surface area (Å²) in [7, 11) is 1.62. The van der Waals surface area contributed by atoms with Crippen LogP contribution in [0.5, 0.6) is 5.75 Å². The summed E-state index contributed by atoms with van der Waals surface area (Å²) in [6, 6.07) is 13.1. The van der Waals surface area contributed by atoms with Crippen LogP contribution >= 0.6 is 12.2 Å². The van der Waals surface area contributed by atoms with Crippen molar-refractivity contribution in [3.05, 3.63) is 54.4 Å². The molecule has 0 aliphatic carbocycles. The van der Waals surface area contributed by atoms with E-state index in [0.29, 0.717) is 5.11 Å². The van der Waals surface area contributed by atoms with E-state index in [1.807, 2.05) is 42.5 Å². The maximum atomic E-state index is 5.13. The summed E-state index contributed by atoms with van der Waals surface area (Å²) < 4.78 is 5.13. The van der Waals surface area contributed by atoms with Gasteiger partial charge >= 0.3 is 0 Å². The van der Waals surface area contributed by atoms with Gasteiger partial charge in [-0.05, 0) is 36.5 Å². The summed E-state index contributed by atoms with van der Waals surface area (Å²) >= 11 is 5.13. The fourth-order valence-electron chi connectivity index (χ4n) is 1.47. The van der Waals surface area contributed by atoms with Crippen LogP contribution in [0.15, 0.2) is 53.8 Å². The van der Waals surface area contributed by atoms with Crippen LogP contribution in [0.1, 0.15) is 5.69 Å². The Bertz CT molecular complexity index is 601. The first-order chi connectivity index (χ1) is 9.78. The fourth-order valence-corrected chi connectivity index (χ4v) is 1.64. The molecule has 0 radical (unpaired) electrons. The number of aromatic nitrogens is 1. The molecule has 0 bridgehead atoms. The molecule has 102 valence electrons. The molecule has 0 spiro atoms. The minimum Gasteiger partial charge on any atom is -0.497 e. The minimum atomic E-state index is 0.394. The second-order valence-electron chi connectivity index (χ2n) is 3.81. The van der Waals surface area contributed by atoms with E-state index >= 15 is 0 Å². The molecule has 6 heteroatoms. The molecule has 20 heavy (non-hydrogen) atoms. The lowest BCUT2D eigenvalue weighted by atomic mass is 10.3. The van der Waals surface area contributed by atoms with Gasteiger partial charge in [0.2, 0.25) is 0 Å². The van der Waals surface area contributed by atoms with Gasteiger partial charge in [0.25, 0.3) is 0 Å². The second-order valence-corrected chi connectivity index (χ2v) is 4.22. The predicted molar refractivity (Wildman–Crippen MR) is 84.2 cm³/mol. The van der Waals surface area contributed by atoms with Crippen molar-refractivity contribution in [3.63, 3.8) is 0 Å². The molecule has 1 aromatic carbocycles. The number of pyridine rings is 1. The standard InChI is InChI=1S/C14H14N4OS/c1-19-13-7-4-6-11(9-13)17-14(20)18-16-10-12-5-2-3-8-15-12/h2-10H,1H3,(H2,17,18,20). The summed E-state index contributed by atoms with van der Waals surface area (Å²) in [4.78, 5) is 4.11. The predicted octanol–water partition coefficient (Wildman–Crippen LogP) is 2.41. The van der Waals surface area contributed by atoms with E-state index in [1.54, 1.807) is 19.5 Å². The van der Waals surface area contributed by atoms with Gasteiger partial charge < -0.3 is 10.1 Å². The number of benzene rings is 1. The van der Waals surface area contributed by atoms with Gasteiger partial charge in [0.1, 0.15) is 5.75 Å². The Labute approximate surface area is 122 Å². The summed E-state index contributed by atoms with van der Waals surface area (Å²) in [6.07, 6.45) is 3.30. The third kappa shape index (κ3) is 4.33. The Morgan fingerprint density at radius 2 is 2.20 bits per heavy atom.